The topological polar surface area (TPSA) is 125 Å². The standard InChI is InChI=1S/C20H20ClF2N5O5S/c1-34(30,31)11-20(27-18(29)13-9-28-17(26-13)3-2-6-25-28)5-4-15(20)33-19-14(32-10-16(22)23)7-12(21)8-24-19/h2-3,6-9,15-16H,4-5,10-11H2,1H3,(H,27,29). The van der Waals surface area contributed by atoms with E-state index in [4.69, 9.17) is 21.1 Å². The van der Waals surface area contributed by atoms with Crippen LogP contribution >= 0.6 is 11.6 Å². The van der Waals surface area contributed by atoms with Crippen molar-refractivity contribution in [2.45, 2.75) is 30.9 Å². The van der Waals surface area contributed by atoms with Crippen molar-refractivity contribution in [3.63, 3.8) is 0 Å². The van der Waals surface area contributed by atoms with Crippen molar-refractivity contribution in [3.8, 4) is 11.6 Å². The Hall–Kier alpha value is -3.06. The lowest BCUT2D eigenvalue weighted by Gasteiger charge is -2.48. The molecule has 0 aliphatic heterocycles. The Morgan fingerprint density at radius 1 is 1.44 bits per heavy atom. The predicted octanol–water partition coefficient (Wildman–Crippen LogP) is 2.18. The number of aromatic nitrogens is 4. The van der Waals surface area contributed by atoms with Crippen LogP contribution < -0.4 is 14.8 Å². The minimum absolute atomic E-state index is 0.0443. The Morgan fingerprint density at radius 2 is 2.24 bits per heavy atom. The van der Waals surface area contributed by atoms with E-state index in [1.54, 1.807) is 12.1 Å². The highest BCUT2D eigenvalue weighted by atomic mass is 35.5. The Labute approximate surface area is 198 Å². The summed E-state index contributed by atoms with van der Waals surface area (Å²) < 4.78 is 62.0. The van der Waals surface area contributed by atoms with Gasteiger partial charge in [-0.2, -0.15) is 5.10 Å². The zero-order valence-corrected chi connectivity index (χ0v) is 19.4. The number of nitrogens with one attached hydrogen (secondary N) is 1. The molecule has 1 amide bonds. The number of alkyl halides is 2. The largest absolute Gasteiger partial charge is 0.482 e. The van der Waals surface area contributed by atoms with E-state index in [-0.39, 0.29) is 22.3 Å². The lowest BCUT2D eigenvalue weighted by molar-refractivity contribution is 0.00326. The van der Waals surface area contributed by atoms with E-state index in [0.717, 1.165) is 6.26 Å². The van der Waals surface area contributed by atoms with Crippen LogP contribution in [0.15, 0.2) is 36.8 Å². The van der Waals surface area contributed by atoms with Crippen molar-refractivity contribution in [1.29, 1.82) is 0 Å². The summed E-state index contributed by atoms with van der Waals surface area (Å²) in [5.41, 5.74) is -0.810. The van der Waals surface area contributed by atoms with E-state index in [2.05, 4.69) is 20.4 Å². The van der Waals surface area contributed by atoms with Crippen molar-refractivity contribution in [1.82, 2.24) is 24.9 Å². The van der Waals surface area contributed by atoms with Gasteiger partial charge in [0.25, 0.3) is 18.2 Å². The van der Waals surface area contributed by atoms with Gasteiger partial charge >= 0.3 is 0 Å². The number of halogens is 3. The van der Waals surface area contributed by atoms with Gasteiger partial charge in [-0.3, -0.25) is 4.79 Å². The maximum absolute atomic E-state index is 13.0. The van der Waals surface area contributed by atoms with Gasteiger partial charge in [-0.1, -0.05) is 11.6 Å². The fourth-order valence-corrected chi connectivity index (χ4v) is 5.20. The van der Waals surface area contributed by atoms with Gasteiger partial charge < -0.3 is 14.8 Å². The van der Waals surface area contributed by atoms with E-state index in [1.165, 1.54) is 29.2 Å². The molecule has 2 atom stereocenters. The Kier molecular flexibility index (Phi) is 6.58. The van der Waals surface area contributed by atoms with Crippen LogP contribution in [-0.2, 0) is 9.84 Å². The molecule has 1 fully saturated rings. The number of carbonyl (C=O) groups is 1. The highest BCUT2D eigenvalue weighted by Gasteiger charge is 2.52. The molecule has 3 aromatic rings. The molecule has 4 rings (SSSR count). The number of hydrogen-bond donors (Lipinski definition) is 1. The fraction of sp³-hybridized carbons (Fsp3) is 0.400. The van der Waals surface area contributed by atoms with Gasteiger partial charge in [0.1, 0.15) is 28.2 Å². The van der Waals surface area contributed by atoms with Crippen LogP contribution in [0.4, 0.5) is 8.78 Å². The first-order valence-electron chi connectivity index (χ1n) is 10.1. The molecule has 1 aliphatic rings. The van der Waals surface area contributed by atoms with Crippen LogP contribution in [0.25, 0.3) is 5.65 Å². The summed E-state index contributed by atoms with van der Waals surface area (Å²) in [6.45, 7) is -0.907. The van der Waals surface area contributed by atoms with Crippen molar-refractivity contribution in [2.24, 2.45) is 0 Å². The maximum atomic E-state index is 13.0. The third-order valence-electron chi connectivity index (χ3n) is 5.22. The van der Waals surface area contributed by atoms with E-state index < -0.39 is 46.2 Å². The average Bonchev–Trinajstić information content (AvgIpc) is 3.19. The third-order valence-corrected chi connectivity index (χ3v) is 6.47. The molecule has 34 heavy (non-hydrogen) atoms. The van der Waals surface area contributed by atoms with Crippen molar-refractivity contribution in [2.75, 3.05) is 18.6 Å². The van der Waals surface area contributed by atoms with Crippen molar-refractivity contribution >= 4 is 33.0 Å². The molecule has 10 nitrogen and oxygen atoms in total. The number of carbonyl (C=O) groups excluding carboxylic acids is 1. The molecule has 2 unspecified atom stereocenters. The molecular formula is C20H20ClF2N5O5S. The van der Waals surface area contributed by atoms with Crippen LogP contribution in [-0.4, -0.2) is 70.6 Å². The quantitative estimate of drug-likeness (QED) is 0.460. The molecule has 0 radical (unpaired) electrons. The SMILES string of the molecule is CS(=O)(=O)CC1(NC(=O)c2cn3ncccc3n2)CCC1Oc1ncc(Cl)cc1OCC(F)F. The summed E-state index contributed by atoms with van der Waals surface area (Å²) in [4.78, 5) is 21.2. The summed E-state index contributed by atoms with van der Waals surface area (Å²) >= 11 is 5.89. The van der Waals surface area contributed by atoms with E-state index >= 15 is 0 Å². The minimum atomic E-state index is -3.56. The first kappa shape index (κ1) is 24.1. The number of ether oxygens (including phenoxy) is 2. The van der Waals surface area contributed by atoms with E-state index in [0.29, 0.717) is 18.5 Å². The zero-order valence-electron chi connectivity index (χ0n) is 17.8. The van der Waals surface area contributed by atoms with Crippen LogP contribution in [0, 0.1) is 0 Å². The molecule has 3 heterocycles. The third kappa shape index (κ3) is 5.36. The number of rotatable bonds is 9. The number of amides is 1. The van der Waals surface area contributed by atoms with Gasteiger partial charge in [0.15, 0.2) is 11.4 Å². The second-order valence-electron chi connectivity index (χ2n) is 7.94. The van der Waals surface area contributed by atoms with Gasteiger partial charge in [-0.25, -0.2) is 31.7 Å². The molecule has 14 heteroatoms. The molecule has 0 aromatic carbocycles. The number of sulfone groups is 1. The molecular weight excluding hydrogens is 496 g/mol. The van der Waals surface area contributed by atoms with Gasteiger partial charge in [0.2, 0.25) is 0 Å². The number of fused-ring (bicyclic) bond motifs is 1. The number of nitrogens with zero attached hydrogens (tertiary/aromatic N) is 4. The number of hydrogen-bond acceptors (Lipinski definition) is 8. The molecule has 182 valence electrons. The Morgan fingerprint density at radius 3 is 2.88 bits per heavy atom. The zero-order chi connectivity index (χ0) is 24.5. The molecule has 1 saturated carbocycles. The van der Waals surface area contributed by atoms with Crippen LogP contribution in [0.1, 0.15) is 23.3 Å². The highest BCUT2D eigenvalue weighted by Crippen LogP contribution is 2.39. The summed E-state index contributed by atoms with van der Waals surface area (Å²) in [7, 11) is -3.56. The smallest absolute Gasteiger partial charge is 0.272 e. The summed E-state index contributed by atoms with van der Waals surface area (Å²) in [5, 5.41) is 6.95. The van der Waals surface area contributed by atoms with Gasteiger partial charge in [0.05, 0.1) is 22.5 Å². The summed E-state index contributed by atoms with van der Waals surface area (Å²) in [6.07, 6.45) is 2.34. The highest BCUT2D eigenvalue weighted by molar-refractivity contribution is 7.90. The van der Waals surface area contributed by atoms with E-state index in [1.807, 2.05) is 0 Å². The maximum Gasteiger partial charge on any atom is 0.272 e. The Balaban J connectivity index is 1.59. The second kappa shape index (κ2) is 9.29. The summed E-state index contributed by atoms with van der Waals surface area (Å²) in [6, 6.07) is 4.60. The molecule has 0 bridgehead atoms. The monoisotopic (exact) mass is 515 g/mol. The summed E-state index contributed by atoms with van der Waals surface area (Å²) in [5.74, 6) is -1.28. The van der Waals surface area contributed by atoms with Gasteiger partial charge in [0, 0.05) is 24.7 Å². The molecule has 1 N–H and O–H groups in total. The van der Waals surface area contributed by atoms with E-state index in [9.17, 15) is 22.0 Å². The molecule has 1 aliphatic carbocycles. The fourth-order valence-electron chi connectivity index (χ4n) is 3.71. The van der Waals surface area contributed by atoms with Crippen LogP contribution in [0.2, 0.25) is 5.02 Å². The predicted molar refractivity (Wildman–Crippen MR) is 117 cm³/mol. The average molecular weight is 516 g/mol. The number of imidazole rings is 1. The second-order valence-corrected chi connectivity index (χ2v) is 10.5. The lowest BCUT2D eigenvalue weighted by Crippen LogP contribution is -2.68. The van der Waals surface area contributed by atoms with Crippen LogP contribution in [0.3, 0.4) is 0 Å². The van der Waals surface area contributed by atoms with Crippen molar-refractivity contribution in [3.05, 3.63) is 47.5 Å². The molecule has 0 saturated heterocycles. The minimum Gasteiger partial charge on any atom is -0.482 e. The number of pyridine rings is 1. The van der Waals surface area contributed by atoms with Gasteiger partial charge in [-0.15, -0.1) is 0 Å². The first-order valence-corrected chi connectivity index (χ1v) is 12.5. The lowest BCUT2D eigenvalue weighted by atomic mass is 9.74. The normalized spacial score (nSPS) is 20.2. The van der Waals surface area contributed by atoms with Crippen molar-refractivity contribution < 1.29 is 31.5 Å². The molecule has 3 aromatic heterocycles. The Bertz CT molecular complexity index is 1290. The molecule has 0 spiro atoms. The first-order chi connectivity index (χ1) is 16.0. The van der Waals surface area contributed by atoms with Crippen LogP contribution in [0.5, 0.6) is 11.6 Å². The van der Waals surface area contributed by atoms with Gasteiger partial charge in [-0.05, 0) is 25.0 Å².